The van der Waals surface area contributed by atoms with Gasteiger partial charge in [0.2, 0.25) is 5.75 Å². The van der Waals surface area contributed by atoms with Gasteiger partial charge in [0.15, 0.2) is 11.6 Å². The molecule has 0 radical (unpaired) electrons. The highest BCUT2D eigenvalue weighted by Gasteiger charge is 2.11. The first-order valence-corrected chi connectivity index (χ1v) is 7.10. The van der Waals surface area contributed by atoms with E-state index in [1.54, 1.807) is 19.5 Å². The molecule has 6 heteroatoms. The van der Waals surface area contributed by atoms with Crippen molar-refractivity contribution in [2.45, 2.75) is 19.8 Å². The van der Waals surface area contributed by atoms with E-state index in [0.29, 0.717) is 11.6 Å². The standard InChI is InChI=1S/C15H21N5O/c1-3-7-17-14-13(21-2)15(20-11-19-14)18-10-6-12-4-8-16-9-5-12/h4-5,8-9,11H,3,6-7,10H2,1-2H3,(H2,17,18,19,20). The molecule has 2 rings (SSSR count). The summed E-state index contributed by atoms with van der Waals surface area (Å²) in [5.41, 5.74) is 1.23. The number of methoxy groups -OCH3 is 1. The number of aromatic nitrogens is 3. The van der Waals surface area contributed by atoms with Crippen LogP contribution < -0.4 is 15.4 Å². The lowest BCUT2D eigenvalue weighted by Gasteiger charge is -2.13. The molecular formula is C15H21N5O. The molecule has 21 heavy (non-hydrogen) atoms. The Bertz CT molecular complexity index is 547. The molecule has 0 fully saturated rings. The molecule has 0 aliphatic carbocycles. The molecular weight excluding hydrogens is 266 g/mol. The van der Waals surface area contributed by atoms with E-state index in [-0.39, 0.29) is 0 Å². The predicted octanol–water partition coefficient (Wildman–Crippen LogP) is 2.36. The summed E-state index contributed by atoms with van der Waals surface area (Å²) in [5, 5.41) is 6.53. The molecule has 2 N–H and O–H groups in total. The molecule has 2 aromatic heterocycles. The van der Waals surface area contributed by atoms with Crippen LogP contribution in [0, 0.1) is 0 Å². The molecule has 0 atom stereocenters. The minimum atomic E-state index is 0.653. The van der Waals surface area contributed by atoms with Gasteiger partial charge in [-0.3, -0.25) is 4.98 Å². The average molecular weight is 287 g/mol. The zero-order valence-electron chi connectivity index (χ0n) is 12.5. The van der Waals surface area contributed by atoms with Gasteiger partial charge in [-0.2, -0.15) is 0 Å². The number of hydrogen-bond donors (Lipinski definition) is 2. The van der Waals surface area contributed by atoms with Gasteiger partial charge in [-0.15, -0.1) is 0 Å². The zero-order valence-corrected chi connectivity index (χ0v) is 12.5. The van der Waals surface area contributed by atoms with Crippen LogP contribution in [0.5, 0.6) is 5.75 Å². The van der Waals surface area contributed by atoms with Crippen molar-refractivity contribution in [1.82, 2.24) is 15.0 Å². The van der Waals surface area contributed by atoms with Crippen LogP contribution in [0.3, 0.4) is 0 Å². The first-order valence-electron chi connectivity index (χ1n) is 7.10. The third-order valence-electron chi connectivity index (χ3n) is 3.01. The second-order valence-electron chi connectivity index (χ2n) is 4.56. The molecule has 2 heterocycles. The van der Waals surface area contributed by atoms with E-state index in [4.69, 9.17) is 4.74 Å². The van der Waals surface area contributed by atoms with Gasteiger partial charge in [-0.1, -0.05) is 6.92 Å². The highest BCUT2D eigenvalue weighted by atomic mass is 16.5. The number of anilines is 2. The van der Waals surface area contributed by atoms with E-state index < -0.39 is 0 Å². The molecule has 0 amide bonds. The smallest absolute Gasteiger partial charge is 0.204 e. The van der Waals surface area contributed by atoms with E-state index in [2.05, 4.69) is 32.5 Å². The van der Waals surface area contributed by atoms with Crippen molar-refractivity contribution in [2.75, 3.05) is 30.8 Å². The molecule has 0 spiro atoms. The van der Waals surface area contributed by atoms with Gasteiger partial charge in [0.1, 0.15) is 6.33 Å². The summed E-state index contributed by atoms with van der Waals surface area (Å²) in [7, 11) is 1.63. The minimum Gasteiger partial charge on any atom is -0.490 e. The first-order chi connectivity index (χ1) is 10.3. The molecule has 0 bridgehead atoms. The second-order valence-corrected chi connectivity index (χ2v) is 4.56. The normalized spacial score (nSPS) is 10.2. The molecule has 0 saturated carbocycles. The molecule has 6 nitrogen and oxygen atoms in total. The summed E-state index contributed by atoms with van der Waals surface area (Å²) < 4.78 is 5.42. The van der Waals surface area contributed by atoms with Crippen LogP contribution in [0.25, 0.3) is 0 Å². The van der Waals surface area contributed by atoms with Crippen molar-refractivity contribution in [3.8, 4) is 5.75 Å². The lowest BCUT2D eigenvalue weighted by Crippen LogP contribution is -2.11. The largest absolute Gasteiger partial charge is 0.490 e. The number of nitrogens with zero attached hydrogens (tertiary/aromatic N) is 3. The van der Waals surface area contributed by atoms with Crippen molar-refractivity contribution in [3.05, 3.63) is 36.4 Å². The van der Waals surface area contributed by atoms with Crippen LogP contribution in [-0.2, 0) is 6.42 Å². The Labute approximate surface area is 125 Å². The lowest BCUT2D eigenvalue weighted by molar-refractivity contribution is 0.414. The Morgan fingerprint density at radius 1 is 1.05 bits per heavy atom. The summed E-state index contributed by atoms with van der Waals surface area (Å²) in [4.78, 5) is 12.5. The van der Waals surface area contributed by atoms with E-state index in [0.717, 1.165) is 31.7 Å². The zero-order chi connectivity index (χ0) is 14.9. The van der Waals surface area contributed by atoms with Gasteiger partial charge in [0.05, 0.1) is 7.11 Å². The van der Waals surface area contributed by atoms with Crippen molar-refractivity contribution in [3.63, 3.8) is 0 Å². The van der Waals surface area contributed by atoms with Gasteiger partial charge in [-0.05, 0) is 30.5 Å². The van der Waals surface area contributed by atoms with Crippen molar-refractivity contribution in [2.24, 2.45) is 0 Å². The summed E-state index contributed by atoms with van der Waals surface area (Å²) >= 11 is 0. The molecule has 0 aliphatic rings. The summed E-state index contributed by atoms with van der Waals surface area (Å²) in [5.74, 6) is 2.08. The number of pyridine rings is 1. The SMILES string of the molecule is CCCNc1ncnc(NCCc2ccncc2)c1OC. The molecule has 2 aromatic rings. The highest BCUT2D eigenvalue weighted by molar-refractivity contribution is 5.63. The Balaban J connectivity index is 1.98. The van der Waals surface area contributed by atoms with Crippen molar-refractivity contribution >= 4 is 11.6 Å². The Hall–Kier alpha value is -2.37. The van der Waals surface area contributed by atoms with E-state index in [1.165, 1.54) is 11.9 Å². The van der Waals surface area contributed by atoms with Crippen LogP contribution in [-0.4, -0.2) is 35.2 Å². The summed E-state index contributed by atoms with van der Waals surface area (Å²) in [6, 6.07) is 4.01. The fourth-order valence-corrected chi connectivity index (χ4v) is 1.94. The molecule has 0 aromatic carbocycles. The van der Waals surface area contributed by atoms with Gasteiger partial charge in [0.25, 0.3) is 0 Å². The maximum atomic E-state index is 5.42. The quantitative estimate of drug-likeness (QED) is 0.776. The fraction of sp³-hybridized carbons (Fsp3) is 0.400. The summed E-state index contributed by atoms with van der Waals surface area (Å²) in [6.07, 6.45) is 7.06. The molecule has 112 valence electrons. The third kappa shape index (κ3) is 4.30. The van der Waals surface area contributed by atoms with Crippen LogP contribution >= 0.6 is 0 Å². The average Bonchev–Trinajstić information content (AvgIpc) is 2.54. The maximum absolute atomic E-state index is 5.42. The number of nitrogens with one attached hydrogen (secondary N) is 2. The van der Waals surface area contributed by atoms with Crippen LogP contribution in [0.4, 0.5) is 11.6 Å². The molecule has 0 unspecified atom stereocenters. The maximum Gasteiger partial charge on any atom is 0.204 e. The van der Waals surface area contributed by atoms with Crippen molar-refractivity contribution < 1.29 is 4.74 Å². The topological polar surface area (TPSA) is 72.0 Å². The van der Waals surface area contributed by atoms with Gasteiger partial charge in [-0.25, -0.2) is 9.97 Å². The van der Waals surface area contributed by atoms with E-state index in [1.807, 2.05) is 12.1 Å². The highest BCUT2D eigenvalue weighted by Crippen LogP contribution is 2.28. The number of hydrogen-bond acceptors (Lipinski definition) is 6. The van der Waals surface area contributed by atoms with E-state index in [9.17, 15) is 0 Å². The van der Waals surface area contributed by atoms with Crippen LogP contribution in [0.15, 0.2) is 30.9 Å². The monoisotopic (exact) mass is 287 g/mol. The van der Waals surface area contributed by atoms with Crippen molar-refractivity contribution in [1.29, 1.82) is 0 Å². The number of rotatable bonds is 8. The minimum absolute atomic E-state index is 0.653. The first kappa shape index (κ1) is 15.0. The molecule has 0 aliphatic heterocycles. The Morgan fingerprint density at radius 3 is 2.33 bits per heavy atom. The molecule has 0 saturated heterocycles. The predicted molar refractivity (Wildman–Crippen MR) is 83.8 cm³/mol. The summed E-state index contributed by atoms with van der Waals surface area (Å²) in [6.45, 7) is 3.73. The lowest BCUT2D eigenvalue weighted by atomic mass is 10.2. The van der Waals surface area contributed by atoms with Gasteiger partial charge in [0, 0.05) is 25.5 Å². The van der Waals surface area contributed by atoms with Crippen LogP contribution in [0.2, 0.25) is 0 Å². The second kappa shape index (κ2) is 8.04. The van der Waals surface area contributed by atoms with Gasteiger partial charge >= 0.3 is 0 Å². The Morgan fingerprint density at radius 2 is 1.71 bits per heavy atom. The van der Waals surface area contributed by atoms with E-state index >= 15 is 0 Å². The third-order valence-corrected chi connectivity index (χ3v) is 3.01. The van der Waals surface area contributed by atoms with Gasteiger partial charge < -0.3 is 15.4 Å². The van der Waals surface area contributed by atoms with Crippen LogP contribution in [0.1, 0.15) is 18.9 Å². The number of ether oxygens (including phenoxy) is 1. The Kier molecular flexibility index (Phi) is 5.75. The fourth-order valence-electron chi connectivity index (χ4n) is 1.94.